The van der Waals surface area contributed by atoms with E-state index in [0.717, 1.165) is 60.6 Å². The number of piperidine rings is 1. The topological polar surface area (TPSA) is 91.3 Å². The molecule has 7 nitrogen and oxygen atoms in total. The van der Waals surface area contributed by atoms with Crippen molar-refractivity contribution in [1.29, 1.82) is 0 Å². The van der Waals surface area contributed by atoms with Crippen LogP contribution in [0.5, 0.6) is 0 Å². The highest BCUT2D eigenvalue weighted by Crippen LogP contribution is 2.37. The Hall–Kier alpha value is -2.64. The lowest BCUT2D eigenvalue weighted by atomic mass is 9.82. The molecular weight excluding hydrogens is 404 g/mol. The Morgan fingerprint density at radius 2 is 2.07 bits per heavy atom. The van der Waals surface area contributed by atoms with Gasteiger partial charge in [0.1, 0.15) is 11.6 Å². The first-order valence-electron chi connectivity index (χ1n) is 10.2. The van der Waals surface area contributed by atoms with Gasteiger partial charge in [-0.15, -0.1) is 0 Å². The number of aromatic amines is 1. The van der Waals surface area contributed by atoms with Crippen LogP contribution in [0.3, 0.4) is 0 Å². The molecule has 2 fully saturated rings. The molecule has 156 valence electrons. The fraction of sp³-hybridized carbons (Fsp3) is 0.409. The van der Waals surface area contributed by atoms with Crippen LogP contribution >= 0.6 is 11.6 Å². The summed E-state index contributed by atoms with van der Waals surface area (Å²) in [4.78, 5) is 26.0. The number of benzene rings is 1. The Balaban J connectivity index is 1.25. The fourth-order valence-electron chi connectivity index (χ4n) is 4.43. The van der Waals surface area contributed by atoms with E-state index in [2.05, 4.69) is 19.9 Å². The molecule has 0 radical (unpaired) electrons. The number of ether oxygens (including phenoxy) is 1. The molecule has 30 heavy (non-hydrogen) atoms. The minimum atomic E-state index is -0.751. The van der Waals surface area contributed by atoms with E-state index in [4.69, 9.17) is 21.4 Å². The van der Waals surface area contributed by atoms with Gasteiger partial charge in [0.05, 0.1) is 29.2 Å². The van der Waals surface area contributed by atoms with Gasteiger partial charge in [-0.3, -0.25) is 4.79 Å². The van der Waals surface area contributed by atoms with Crippen molar-refractivity contribution in [2.45, 2.75) is 31.3 Å². The van der Waals surface area contributed by atoms with Gasteiger partial charge >= 0.3 is 5.97 Å². The summed E-state index contributed by atoms with van der Waals surface area (Å²) in [7, 11) is 0. The maximum absolute atomic E-state index is 11.1. The van der Waals surface area contributed by atoms with Crippen LogP contribution in [0, 0.1) is 5.92 Å². The van der Waals surface area contributed by atoms with Crippen LogP contribution in [0.25, 0.3) is 22.4 Å². The highest BCUT2D eigenvalue weighted by atomic mass is 35.5. The molecule has 8 heteroatoms. The summed E-state index contributed by atoms with van der Waals surface area (Å²) in [5.74, 6) is 0.593. The molecule has 1 unspecified atom stereocenters. The molecule has 0 bridgehead atoms. The average molecular weight is 427 g/mol. The van der Waals surface area contributed by atoms with Crippen molar-refractivity contribution < 1.29 is 14.6 Å². The van der Waals surface area contributed by atoms with Crippen molar-refractivity contribution in [3.05, 3.63) is 41.6 Å². The first-order valence-corrected chi connectivity index (χ1v) is 10.6. The number of carboxylic acids is 1. The number of carboxylic acid groups (broad SMARTS) is 1. The molecule has 0 amide bonds. The summed E-state index contributed by atoms with van der Waals surface area (Å²) in [6, 6.07) is 9.65. The van der Waals surface area contributed by atoms with Crippen molar-refractivity contribution in [3.8, 4) is 11.4 Å². The lowest BCUT2D eigenvalue weighted by molar-refractivity contribution is -0.158. The molecule has 2 aromatic heterocycles. The van der Waals surface area contributed by atoms with Crippen LogP contribution in [-0.4, -0.2) is 51.3 Å². The number of nitrogens with one attached hydrogen (secondary N) is 1. The smallest absolute Gasteiger partial charge is 0.308 e. The van der Waals surface area contributed by atoms with Crippen LogP contribution in [-0.2, 0) is 9.53 Å². The van der Waals surface area contributed by atoms with Crippen molar-refractivity contribution in [3.63, 3.8) is 0 Å². The molecule has 3 aromatic rings. The van der Waals surface area contributed by atoms with Gasteiger partial charge in [0.15, 0.2) is 0 Å². The number of fused-ring (bicyclic) bond motifs is 1. The predicted molar refractivity (Wildman–Crippen MR) is 115 cm³/mol. The van der Waals surface area contributed by atoms with Crippen molar-refractivity contribution in [2.24, 2.45) is 5.92 Å². The number of aliphatic carboxylic acids is 1. The molecular formula is C22H23ClN4O3. The van der Waals surface area contributed by atoms with Crippen LogP contribution in [0.15, 0.2) is 36.5 Å². The molecule has 1 aromatic carbocycles. The minimum absolute atomic E-state index is 0.169. The molecule has 2 aliphatic rings. The van der Waals surface area contributed by atoms with Gasteiger partial charge in [0.25, 0.3) is 0 Å². The molecule has 5 rings (SSSR count). The number of nitrogens with zero attached hydrogens (tertiary/aromatic N) is 3. The Labute approximate surface area is 179 Å². The molecule has 0 aliphatic carbocycles. The number of imidazole rings is 1. The number of hydrogen-bond donors (Lipinski definition) is 2. The molecule has 2 N–H and O–H groups in total. The van der Waals surface area contributed by atoms with Crippen LogP contribution in [0.1, 0.15) is 25.7 Å². The lowest BCUT2D eigenvalue weighted by Crippen LogP contribution is -2.50. The Bertz CT molecular complexity index is 1060. The third kappa shape index (κ3) is 3.63. The van der Waals surface area contributed by atoms with E-state index in [-0.39, 0.29) is 11.5 Å². The second kappa shape index (κ2) is 7.56. The van der Waals surface area contributed by atoms with Gasteiger partial charge in [-0.2, -0.15) is 0 Å². The number of hydrogen-bond acceptors (Lipinski definition) is 5. The number of rotatable bonds is 3. The Morgan fingerprint density at radius 3 is 2.73 bits per heavy atom. The molecule has 1 atom stereocenters. The van der Waals surface area contributed by atoms with E-state index in [1.165, 1.54) is 0 Å². The zero-order chi connectivity index (χ0) is 20.7. The van der Waals surface area contributed by atoms with Gasteiger partial charge in [-0.05, 0) is 56.0 Å². The third-order valence-corrected chi connectivity index (χ3v) is 6.59. The van der Waals surface area contributed by atoms with E-state index in [0.29, 0.717) is 18.1 Å². The second-order valence-electron chi connectivity index (χ2n) is 8.21. The molecule has 2 saturated heterocycles. The number of H-pyrrole nitrogens is 1. The molecule has 4 heterocycles. The summed E-state index contributed by atoms with van der Waals surface area (Å²) in [6.45, 7) is 2.03. The summed E-state index contributed by atoms with van der Waals surface area (Å²) < 4.78 is 6.03. The van der Waals surface area contributed by atoms with E-state index < -0.39 is 5.97 Å². The van der Waals surface area contributed by atoms with Crippen molar-refractivity contribution in [2.75, 3.05) is 24.6 Å². The number of pyridine rings is 1. The van der Waals surface area contributed by atoms with E-state index >= 15 is 0 Å². The number of anilines is 1. The zero-order valence-electron chi connectivity index (χ0n) is 16.5. The monoisotopic (exact) mass is 426 g/mol. The zero-order valence-corrected chi connectivity index (χ0v) is 17.2. The highest BCUT2D eigenvalue weighted by Gasteiger charge is 2.41. The van der Waals surface area contributed by atoms with Gasteiger partial charge in [-0.1, -0.05) is 11.6 Å². The first-order chi connectivity index (χ1) is 14.5. The van der Waals surface area contributed by atoms with E-state index in [1.807, 2.05) is 36.5 Å². The van der Waals surface area contributed by atoms with Crippen LogP contribution in [0.4, 0.5) is 5.82 Å². The first kappa shape index (κ1) is 19.3. The lowest BCUT2D eigenvalue weighted by Gasteiger charge is -2.45. The van der Waals surface area contributed by atoms with Gasteiger partial charge in [0.2, 0.25) is 0 Å². The summed E-state index contributed by atoms with van der Waals surface area (Å²) in [5, 5.41) is 9.84. The van der Waals surface area contributed by atoms with Crippen molar-refractivity contribution in [1.82, 2.24) is 15.0 Å². The molecule has 2 aliphatic heterocycles. The predicted octanol–water partition coefficient (Wildman–Crippen LogP) is 4.13. The largest absolute Gasteiger partial charge is 0.481 e. The van der Waals surface area contributed by atoms with Crippen molar-refractivity contribution >= 4 is 34.4 Å². The number of aromatic nitrogens is 3. The summed E-state index contributed by atoms with van der Waals surface area (Å²) in [5.41, 5.74) is 2.53. The number of carbonyl (C=O) groups is 1. The Morgan fingerprint density at radius 1 is 1.23 bits per heavy atom. The molecule has 0 saturated carbocycles. The van der Waals surface area contributed by atoms with E-state index in [1.54, 1.807) is 0 Å². The summed E-state index contributed by atoms with van der Waals surface area (Å²) in [6.07, 6.45) is 5.15. The Kier molecular flexibility index (Phi) is 4.87. The summed E-state index contributed by atoms with van der Waals surface area (Å²) >= 11 is 6.06. The minimum Gasteiger partial charge on any atom is -0.481 e. The third-order valence-electron chi connectivity index (χ3n) is 6.35. The second-order valence-corrected chi connectivity index (χ2v) is 8.64. The SMILES string of the molecule is O=C(O)C1CCC2(CCN(c3ccc(-c4nc5ccc(Cl)cc5[nH]4)cn3)CC2)OC1. The van der Waals surface area contributed by atoms with E-state index in [9.17, 15) is 4.79 Å². The van der Waals surface area contributed by atoms with Gasteiger partial charge in [-0.25, -0.2) is 9.97 Å². The van der Waals surface area contributed by atoms with Gasteiger partial charge in [0, 0.05) is 29.9 Å². The highest BCUT2D eigenvalue weighted by molar-refractivity contribution is 6.31. The standard InChI is InChI=1S/C22H23ClN4O3/c23-16-2-3-17-18(11-16)26-20(25-17)14-1-4-19(24-12-14)27-9-7-22(8-10-27)6-5-15(13-30-22)21(28)29/h1-4,11-12,15H,5-10,13H2,(H,25,26)(H,28,29). The van der Waals surface area contributed by atoms with Gasteiger partial charge < -0.3 is 19.7 Å². The quantitative estimate of drug-likeness (QED) is 0.654. The fourth-order valence-corrected chi connectivity index (χ4v) is 4.61. The maximum Gasteiger partial charge on any atom is 0.308 e. The van der Waals surface area contributed by atoms with Crippen LogP contribution in [0.2, 0.25) is 5.02 Å². The normalized spacial score (nSPS) is 21.2. The maximum atomic E-state index is 11.1. The van der Waals surface area contributed by atoms with Crippen LogP contribution < -0.4 is 4.90 Å². The average Bonchev–Trinajstić information content (AvgIpc) is 3.18. The number of halogens is 1. The molecule has 1 spiro atoms.